The molecule has 86 valence electrons. The van der Waals surface area contributed by atoms with Crippen molar-refractivity contribution in [3.63, 3.8) is 0 Å². The molecule has 0 unspecified atom stereocenters. The zero-order valence-electron chi connectivity index (χ0n) is 9.54. The van der Waals surface area contributed by atoms with Crippen LogP contribution < -0.4 is 0 Å². The zero-order chi connectivity index (χ0) is 12.3. The SMILES string of the molecule is COC(=O)c1cc(-c2cnccc2C)ncn1. The fourth-order valence-corrected chi connectivity index (χ4v) is 1.45. The fraction of sp³-hybridized carbons (Fsp3) is 0.167. The molecular weight excluding hydrogens is 218 g/mol. The Bertz CT molecular complexity index is 555. The molecule has 0 saturated heterocycles. The Morgan fingerprint density at radius 2 is 2.18 bits per heavy atom. The number of ether oxygens (including phenoxy) is 1. The highest BCUT2D eigenvalue weighted by molar-refractivity contribution is 5.88. The van der Waals surface area contributed by atoms with Gasteiger partial charge < -0.3 is 4.74 Å². The van der Waals surface area contributed by atoms with E-state index in [1.54, 1.807) is 18.5 Å². The fourth-order valence-electron chi connectivity index (χ4n) is 1.45. The lowest BCUT2D eigenvalue weighted by Crippen LogP contribution is -2.05. The minimum Gasteiger partial charge on any atom is -0.464 e. The first kappa shape index (κ1) is 11.2. The Hall–Kier alpha value is -2.30. The second kappa shape index (κ2) is 4.69. The third kappa shape index (κ3) is 2.28. The van der Waals surface area contributed by atoms with Gasteiger partial charge in [-0.15, -0.1) is 0 Å². The highest BCUT2D eigenvalue weighted by Crippen LogP contribution is 2.19. The quantitative estimate of drug-likeness (QED) is 0.732. The van der Waals surface area contributed by atoms with Crippen LogP contribution in [0.15, 0.2) is 30.9 Å². The van der Waals surface area contributed by atoms with E-state index in [1.807, 2.05) is 13.0 Å². The van der Waals surface area contributed by atoms with E-state index < -0.39 is 5.97 Å². The zero-order valence-corrected chi connectivity index (χ0v) is 9.54. The van der Waals surface area contributed by atoms with E-state index in [9.17, 15) is 4.79 Å². The molecule has 0 saturated carbocycles. The summed E-state index contributed by atoms with van der Waals surface area (Å²) < 4.78 is 4.61. The van der Waals surface area contributed by atoms with Gasteiger partial charge in [0.1, 0.15) is 6.33 Å². The van der Waals surface area contributed by atoms with Crippen LogP contribution in [-0.4, -0.2) is 28.0 Å². The summed E-state index contributed by atoms with van der Waals surface area (Å²) in [5, 5.41) is 0. The molecule has 5 nitrogen and oxygen atoms in total. The van der Waals surface area contributed by atoms with Crippen molar-refractivity contribution in [3.05, 3.63) is 42.1 Å². The number of carbonyl (C=O) groups is 1. The van der Waals surface area contributed by atoms with E-state index in [0.29, 0.717) is 5.69 Å². The van der Waals surface area contributed by atoms with Crippen LogP contribution in [0.2, 0.25) is 0 Å². The van der Waals surface area contributed by atoms with E-state index >= 15 is 0 Å². The third-order valence-corrected chi connectivity index (χ3v) is 2.38. The van der Waals surface area contributed by atoms with E-state index in [2.05, 4.69) is 19.7 Å². The summed E-state index contributed by atoms with van der Waals surface area (Å²) >= 11 is 0. The number of aromatic nitrogens is 3. The van der Waals surface area contributed by atoms with Crippen LogP contribution in [-0.2, 0) is 4.74 Å². The van der Waals surface area contributed by atoms with Crippen molar-refractivity contribution in [3.8, 4) is 11.3 Å². The summed E-state index contributed by atoms with van der Waals surface area (Å²) in [5.41, 5.74) is 2.81. The minimum absolute atomic E-state index is 0.237. The third-order valence-electron chi connectivity index (χ3n) is 2.38. The average molecular weight is 229 g/mol. The van der Waals surface area contributed by atoms with Crippen LogP contribution in [0.25, 0.3) is 11.3 Å². The summed E-state index contributed by atoms with van der Waals surface area (Å²) in [6, 6.07) is 3.48. The Kier molecular flexibility index (Phi) is 3.09. The molecule has 0 amide bonds. The number of pyridine rings is 1. The molecule has 0 radical (unpaired) electrons. The van der Waals surface area contributed by atoms with Crippen LogP contribution >= 0.6 is 0 Å². The maximum atomic E-state index is 11.4. The molecule has 2 aromatic rings. The first-order chi connectivity index (χ1) is 8.22. The highest BCUT2D eigenvalue weighted by atomic mass is 16.5. The van der Waals surface area contributed by atoms with Gasteiger partial charge in [0.2, 0.25) is 0 Å². The van der Waals surface area contributed by atoms with Crippen molar-refractivity contribution in [2.24, 2.45) is 0 Å². The number of esters is 1. The Balaban J connectivity index is 2.47. The van der Waals surface area contributed by atoms with Crippen molar-refractivity contribution in [2.75, 3.05) is 7.11 Å². The van der Waals surface area contributed by atoms with Crippen molar-refractivity contribution >= 4 is 5.97 Å². The maximum Gasteiger partial charge on any atom is 0.356 e. The Morgan fingerprint density at radius 1 is 1.35 bits per heavy atom. The number of carbonyl (C=O) groups excluding carboxylic acids is 1. The first-order valence-corrected chi connectivity index (χ1v) is 5.03. The second-order valence-electron chi connectivity index (χ2n) is 3.47. The summed E-state index contributed by atoms with van der Waals surface area (Å²) in [7, 11) is 1.32. The molecule has 2 rings (SSSR count). The lowest BCUT2D eigenvalue weighted by molar-refractivity contribution is 0.0594. The molecule has 0 aliphatic carbocycles. The topological polar surface area (TPSA) is 65.0 Å². The van der Waals surface area contributed by atoms with Gasteiger partial charge in [-0.05, 0) is 24.6 Å². The van der Waals surface area contributed by atoms with Gasteiger partial charge in [0.15, 0.2) is 5.69 Å². The van der Waals surface area contributed by atoms with E-state index in [4.69, 9.17) is 0 Å². The van der Waals surface area contributed by atoms with Gasteiger partial charge in [0.05, 0.1) is 12.8 Å². The number of methoxy groups -OCH3 is 1. The predicted molar refractivity (Wildman–Crippen MR) is 61.3 cm³/mol. The molecule has 5 heteroatoms. The maximum absolute atomic E-state index is 11.4. The predicted octanol–water partition coefficient (Wildman–Crippen LogP) is 1.63. The number of aryl methyl sites for hydroxylation is 1. The first-order valence-electron chi connectivity index (χ1n) is 5.03. The van der Waals surface area contributed by atoms with Gasteiger partial charge in [0.25, 0.3) is 0 Å². The molecule has 0 N–H and O–H groups in total. The number of hydrogen-bond donors (Lipinski definition) is 0. The molecule has 0 spiro atoms. The van der Waals surface area contributed by atoms with Gasteiger partial charge in [-0.3, -0.25) is 4.98 Å². The second-order valence-corrected chi connectivity index (χ2v) is 3.47. The summed E-state index contributed by atoms with van der Waals surface area (Å²) in [6.45, 7) is 1.96. The molecule has 2 heterocycles. The number of hydrogen-bond acceptors (Lipinski definition) is 5. The molecule has 0 fully saturated rings. The van der Waals surface area contributed by atoms with E-state index in [-0.39, 0.29) is 5.69 Å². The largest absolute Gasteiger partial charge is 0.464 e. The van der Waals surface area contributed by atoms with Crippen molar-refractivity contribution in [2.45, 2.75) is 6.92 Å². The summed E-state index contributed by atoms with van der Waals surface area (Å²) in [4.78, 5) is 23.4. The van der Waals surface area contributed by atoms with Crippen LogP contribution in [0, 0.1) is 6.92 Å². The van der Waals surface area contributed by atoms with E-state index in [0.717, 1.165) is 11.1 Å². The smallest absolute Gasteiger partial charge is 0.356 e. The molecule has 0 aliphatic rings. The number of rotatable bonds is 2. The lowest BCUT2D eigenvalue weighted by atomic mass is 10.1. The van der Waals surface area contributed by atoms with Gasteiger partial charge in [-0.2, -0.15) is 0 Å². The summed E-state index contributed by atoms with van der Waals surface area (Å²) in [5.74, 6) is -0.477. The van der Waals surface area contributed by atoms with Crippen molar-refractivity contribution < 1.29 is 9.53 Å². The standard InChI is InChI=1S/C12H11N3O2/c1-8-3-4-13-6-9(8)10-5-11(12(16)17-2)15-7-14-10/h3-7H,1-2H3. The molecule has 0 atom stereocenters. The van der Waals surface area contributed by atoms with Gasteiger partial charge >= 0.3 is 5.97 Å². The van der Waals surface area contributed by atoms with Crippen molar-refractivity contribution in [1.82, 2.24) is 15.0 Å². The van der Waals surface area contributed by atoms with Crippen molar-refractivity contribution in [1.29, 1.82) is 0 Å². The van der Waals surface area contributed by atoms with Crippen LogP contribution in [0.1, 0.15) is 16.1 Å². The molecule has 0 bridgehead atoms. The van der Waals surface area contributed by atoms with E-state index in [1.165, 1.54) is 13.4 Å². The molecular formula is C12H11N3O2. The normalized spacial score (nSPS) is 10.0. The Morgan fingerprint density at radius 3 is 2.88 bits per heavy atom. The van der Waals surface area contributed by atoms with Gasteiger partial charge in [0, 0.05) is 18.0 Å². The van der Waals surface area contributed by atoms with Gasteiger partial charge in [-0.1, -0.05) is 0 Å². The molecule has 2 aromatic heterocycles. The lowest BCUT2D eigenvalue weighted by Gasteiger charge is -2.04. The molecule has 17 heavy (non-hydrogen) atoms. The van der Waals surface area contributed by atoms with Crippen LogP contribution in [0.5, 0.6) is 0 Å². The van der Waals surface area contributed by atoms with Gasteiger partial charge in [-0.25, -0.2) is 14.8 Å². The molecule has 0 aromatic carbocycles. The minimum atomic E-state index is -0.477. The number of nitrogens with zero attached hydrogens (tertiary/aromatic N) is 3. The average Bonchev–Trinajstić information content (AvgIpc) is 2.38. The monoisotopic (exact) mass is 229 g/mol. The highest BCUT2D eigenvalue weighted by Gasteiger charge is 2.10. The summed E-state index contributed by atoms with van der Waals surface area (Å²) in [6.07, 6.45) is 4.76. The van der Waals surface area contributed by atoms with Crippen LogP contribution in [0.4, 0.5) is 0 Å². The van der Waals surface area contributed by atoms with Crippen LogP contribution in [0.3, 0.4) is 0 Å². The molecule has 0 aliphatic heterocycles. The Labute approximate surface area is 98.5 Å².